The minimum absolute atomic E-state index is 0.0518. The first-order valence-corrected chi connectivity index (χ1v) is 23.2. The van der Waals surface area contributed by atoms with Crippen molar-refractivity contribution in [3.8, 4) is 0 Å². The van der Waals surface area contributed by atoms with Crippen molar-refractivity contribution in [1.29, 1.82) is 0 Å². The third kappa shape index (κ3) is 12.5. The van der Waals surface area contributed by atoms with E-state index in [0.29, 0.717) is 30.8 Å². The summed E-state index contributed by atoms with van der Waals surface area (Å²) in [6.07, 6.45) is 11.8. The Hall–Kier alpha value is -4.12. The van der Waals surface area contributed by atoms with E-state index < -0.39 is 5.41 Å². The first kappa shape index (κ1) is 48.5. The molecule has 3 aromatic rings. The van der Waals surface area contributed by atoms with Crippen molar-refractivity contribution < 1.29 is 9.53 Å². The van der Waals surface area contributed by atoms with E-state index in [1.54, 1.807) is 0 Å². The molecule has 0 bridgehead atoms. The van der Waals surface area contributed by atoms with Crippen LogP contribution in [-0.4, -0.2) is 49.0 Å². The lowest BCUT2D eigenvalue weighted by Crippen LogP contribution is -2.44. The van der Waals surface area contributed by atoms with Crippen LogP contribution in [0.5, 0.6) is 0 Å². The first-order valence-electron chi connectivity index (χ1n) is 23.2. The Morgan fingerprint density at radius 1 is 0.583 bits per heavy atom. The molecule has 0 saturated carbocycles. The number of aliphatic imine (C=N–C) groups is 1. The second-order valence-electron chi connectivity index (χ2n) is 20.8. The molecule has 0 aliphatic heterocycles. The lowest BCUT2D eigenvalue weighted by atomic mass is 9.61. The quantitative estimate of drug-likeness (QED) is 0.0893. The molecule has 60 heavy (non-hydrogen) atoms. The molecule has 3 aromatic carbocycles. The van der Waals surface area contributed by atoms with Crippen LogP contribution in [0.25, 0.3) is 11.1 Å². The number of unbranched alkanes of at least 4 members (excludes halogenated alkanes) is 5. The number of allylic oxidation sites excluding steroid dienone is 3. The van der Waals surface area contributed by atoms with Gasteiger partial charge in [0.1, 0.15) is 0 Å². The molecule has 0 radical (unpaired) electrons. The predicted octanol–water partition coefficient (Wildman–Crippen LogP) is 14.6. The van der Waals surface area contributed by atoms with Crippen LogP contribution in [0.2, 0.25) is 0 Å². The Balaban J connectivity index is 1.48. The fourth-order valence-corrected chi connectivity index (χ4v) is 9.25. The molecular formula is C55H81N3O2. The maximum absolute atomic E-state index is 13.3. The molecule has 0 N–H and O–H groups in total. The van der Waals surface area contributed by atoms with Crippen LogP contribution >= 0.6 is 0 Å². The Morgan fingerprint density at radius 3 is 1.48 bits per heavy atom. The number of hydrogen-bond acceptors (Lipinski definition) is 5. The molecule has 0 saturated heterocycles. The van der Waals surface area contributed by atoms with Crippen molar-refractivity contribution in [2.45, 2.75) is 173 Å². The molecule has 0 amide bonds. The average molecular weight is 816 g/mol. The van der Waals surface area contributed by atoms with Gasteiger partial charge in [-0.15, -0.1) is 0 Å². The predicted molar refractivity (Wildman–Crippen MR) is 262 cm³/mol. The highest BCUT2D eigenvalue weighted by molar-refractivity contribution is 6.19. The van der Waals surface area contributed by atoms with Crippen LogP contribution in [0.1, 0.15) is 171 Å². The minimum atomic E-state index is -0.508. The number of anilines is 2. The number of carbonyl (C=O) groups is 1. The van der Waals surface area contributed by atoms with Gasteiger partial charge in [-0.25, -0.2) is 0 Å². The van der Waals surface area contributed by atoms with E-state index in [1.807, 2.05) is 0 Å². The molecular weight excluding hydrogens is 735 g/mol. The van der Waals surface area contributed by atoms with Gasteiger partial charge >= 0.3 is 5.97 Å². The van der Waals surface area contributed by atoms with Crippen LogP contribution in [-0.2, 0) is 9.53 Å². The summed E-state index contributed by atoms with van der Waals surface area (Å²) in [5.41, 5.74) is 10.2. The van der Waals surface area contributed by atoms with Crippen molar-refractivity contribution in [1.82, 2.24) is 0 Å². The van der Waals surface area contributed by atoms with Crippen molar-refractivity contribution in [3.63, 3.8) is 0 Å². The first-order chi connectivity index (χ1) is 28.2. The summed E-state index contributed by atoms with van der Waals surface area (Å²) in [6.45, 7) is 34.6. The zero-order valence-electron chi connectivity index (χ0n) is 40.4. The van der Waals surface area contributed by atoms with Gasteiger partial charge in [-0.3, -0.25) is 9.79 Å². The van der Waals surface area contributed by atoms with Crippen molar-refractivity contribution in [3.05, 3.63) is 107 Å². The van der Waals surface area contributed by atoms with Crippen LogP contribution in [0, 0.1) is 16.2 Å². The molecule has 0 fully saturated rings. The van der Waals surface area contributed by atoms with Gasteiger partial charge in [0.25, 0.3) is 0 Å². The van der Waals surface area contributed by atoms with Crippen molar-refractivity contribution in [2.24, 2.45) is 21.2 Å². The lowest BCUT2D eigenvalue weighted by Gasteiger charge is -2.43. The summed E-state index contributed by atoms with van der Waals surface area (Å²) in [5, 5.41) is 0. The highest BCUT2D eigenvalue weighted by atomic mass is 16.5. The van der Waals surface area contributed by atoms with Gasteiger partial charge in [-0.2, -0.15) is 0 Å². The second kappa shape index (κ2) is 21.1. The number of rotatable bonds is 19. The largest absolute Gasteiger partial charge is 0.465 e. The number of nitrogens with zero attached hydrogens (tertiary/aromatic N) is 3. The monoisotopic (exact) mass is 816 g/mol. The van der Waals surface area contributed by atoms with Crippen molar-refractivity contribution >= 4 is 34.2 Å². The van der Waals surface area contributed by atoms with E-state index in [0.717, 1.165) is 50.8 Å². The third-order valence-electron chi connectivity index (χ3n) is 12.4. The molecule has 5 nitrogen and oxygen atoms in total. The van der Waals surface area contributed by atoms with E-state index in [9.17, 15) is 4.79 Å². The fraction of sp³-hybridized carbons (Fsp3) is 0.564. The van der Waals surface area contributed by atoms with E-state index in [2.05, 4.69) is 199 Å². The molecule has 0 aromatic heterocycles. The summed E-state index contributed by atoms with van der Waals surface area (Å²) in [7, 11) is 0. The van der Waals surface area contributed by atoms with Crippen LogP contribution in [0.3, 0.4) is 0 Å². The number of ether oxygens (including phenoxy) is 1. The van der Waals surface area contributed by atoms with Gasteiger partial charge < -0.3 is 14.5 Å². The number of carbonyl (C=O) groups excluding carboxylic acids is 1. The number of hydrogen-bond donors (Lipinski definition) is 0. The molecule has 0 spiro atoms. The zero-order chi connectivity index (χ0) is 44.4. The SMILES string of the molecule is CC(C)N(c1ccc(C(=C2C=CC(=NCCCCCCCCOC(=O)C(C)(CC(C)(C)C)C(C)(C)C)c3ccccc32)c2ccc(N(C(C)C)C(C)C)cc2)cc1)C(C)C. The lowest BCUT2D eigenvalue weighted by molar-refractivity contribution is -0.164. The van der Waals surface area contributed by atoms with E-state index in [-0.39, 0.29) is 16.8 Å². The smallest absolute Gasteiger partial charge is 0.312 e. The Labute approximate surface area is 366 Å². The maximum Gasteiger partial charge on any atom is 0.312 e. The van der Waals surface area contributed by atoms with Gasteiger partial charge in [0.2, 0.25) is 0 Å². The normalized spacial score (nSPS) is 14.9. The van der Waals surface area contributed by atoms with Crippen molar-refractivity contribution in [2.75, 3.05) is 23.0 Å². The summed E-state index contributed by atoms with van der Waals surface area (Å²) < 4.78 is 5.88. The standard InChI is InChI=1S/C55H81N3O2/c1-39(2)57(40(3)4)45-30-26-43(27-31-45)51(44-28-32-46(33-29-44)58(41(5)6)42(7)8)49-34-35-50(48-25-21-20-24-47(48)49)56-36-22-18-16-17-19-23-37-60-52(59)55(15,54(12,13)14)38-53(9,10)11/h20-21,24-35,39-42H,16-19,22-23,36-38H2,1-15H3. The molecule has 328 valence electrons. The minimum Gasteiger partial charge on any atom is -0.465 e. The molecule has 1 aliphatic rings. The van der Waals surface area contributed by atoms with Gasteiger partial charge in [0.05, 0.1) is 17.7 Å². The zero-order valence-corrected chi connectivity index (χ0v) is 40.4. The van der Waals surface area contributed by atoms with Crippen LogP contribution in [0.15, 0.2) is 89.9 Å². The van der Waals surface area contributed by atoms with E-state index >= 15 is 0 Å². The summed E-state index contributed by atoms with van der Waals surface area (Å²) in [6, 6.07) is 28.8. The summed E-state index contributed by atoms with van der Waals surface area (Å²) in [5.74, 6) is -0.0518. The average Bonchev–Trinajstić information content (AvgIpc) is 3.15. The maximum atomic E-state index is 13.3. The molecule has 1 unspecified atom stereocenters. The van der Waals surface area contributed by atoms with Gasteiger partial charge in [0, 0.05) is 47.7 Å². The summed E-state index contributed by atoms with van der Waals surface area (Å²) in [4.78, 5) is 23.4. The second-order valence-corrected chi connectivity index (χ2v) is 20.8. The highest BCUT2D eigenvalue weighted by Gasteiger charge is 2.47. The highest BCUT2D eigenvalue weighted by Crippen LogP contribution is 2.47. The van der Waals surface area contributed by atoms with Gasteiger partial charge in [0.15, 0.2) is 0 Å². The number of fused-ring (bicyclic) bond motifs is 1. The number of benzene rings is 3. The molecule has 5 heteroatoms. The van der Waals surface area contributed by atoms with Gasteiger partial charge in [-0.05, 0) is 151 Å². The molecule has 4 rings (SSSR count). The van der Waals surface area contributed by atoms with E-state index in [1.165, 1.54) is 51.2 Å². The van der Waals surface area contributed by atoms with Crippen LogP contribution in [0.4, 0.5) is 11.4 Å². The third-order valence-corrected chi connectivity index (χ3v) is 12.4. The number of esters is 1. The molecule has 1 aliphatic carbocycles. The fourth-order valence-electron chi connectivity index (χ4n) is 9.25. The molecule has 1 atom stereocenters. The topological polar surface area (TPSA) is 45.1 Å². The molecule has 0 heterocycles. The van der Waals surface area contributed by atoms with E-state index in [4.69, 9.17) is 9.73 Å². The Morgan fingerprint density at radius 2 is 1.03 bits per heavy atom. The Kier molecular flexibility index (Phi) is 17.1. The summed E-state index contributed by atoms with van der Waals surface area (Å²) >= 11 is 0. The van der Waals surface area contributed by atoms with Crippen LogP contribution < -0.4 is 9.80 Å². The Bertz CT molecular complexity index is 1830. The van der Waals surface area contributed by atoms with Gasteiger partial charge in [-0.1, -0.05) is 122 Å².